The molecule has 102 valence electrons. The molecule has 0 bridgehead atoms. The minimum Gasteiger partial charge on any atom is -0.314 e. The van der Waals surface area contributed by atoms with Crippen LogP contribution < -0.4 is 4.90 Å². The first-order valence-corrected chi connectivity index (χ1v) is 6.40. The molecule has 1 aromatic carbocycles. The van der Waals surface area contributed by atoms with Crippen molar-refractivity contribution in [2.45, 2.75) is 41.5 Å². The lowest BCUT2D eigenvalue weighted by Gasteiger charge is -2.28. The number of anilines is 1. The van der Waals surface area contributed by atoms with Gasteiger partial charge in [-0.2, -0.15) is 5.26 Å². The lowest BCUT2D eigenvalue weighted by molar-refractivity contribution is -0.123. The lowest BCUT2D eigenvalue weighted by atomic mass is 9.92. The number of carbonyl (C=O) groups excluding carboxylic acids is 1. The Morgan fingerprint density at radius 3 is 1.95 bits per heavy atom. The van der Waals surface area contributed by atoms with Crippen molar-refractivity contribution in [3.8, 4) is 6.07 Å². The van der Waals surface area contributed by atoms with Crippen LogP contribution in [0.4, 0.5) is 5.69 Å². The third-order valence-electron chi connectivity index (χ3n) is 3.78. The van der Waals surface area contributed by atoms with Gasteiger partial charge in [0.1, 0.15) is 5.41 Å². The summed E-state index contributed by atoms with van der Waals surface area (Å²) in [5, 5.41) is 9.11. The van der Waals surface area contributed by atoms with E-state index in [4.69, 9.17) is 5.26 Å². The third kappa shape index (κ3) is 2.63. The topological polar surface area (TPSA) is 44.1 Å². The van der Waals surface area contributed by atoms with Crippen LogP contribution >= 0.6 is 0 Å². The molecule has 19 heavy (non-hydrogen) atoms. The minimum atomic E-state index is -1.01. The van der Waals surface area contributed by atoms with E-state index in [-0.39, 0.29) is 5.91 Å². The molecule has 0 aliphatic rings. The highest BCUT2D eigenvalue weighted by molar-refractivity contribution is 5.99. The van der Waals surface area contributed by atoms with Gasteiger partial charge in [-0.05, 0) is 63.8 Å². The van der Waals surface area contributed by atoms with Crippen molar-refractivity contribution in [3.05, 3.63) is 28.3 Å². The molecule has 1 rings (SSSR count). The fraction of sp³-hybridized carbons (Fsp3) is 0.500. The third-order valence-corrected chi connectivity index (χ3v) is 3.78. The van der Waals surface area contributed by atoms with Crippen LogP contribution in [0.3, 0.4) is 0 Å². The number of hydrogen-bond donors (Lipinski definition) is 0. The Morgan fingerprint density at radius 1 is 1.16 bits per heavy atom. The Bertz CT molecular complexity index is 539. The van der Waals surface area contributed by atoms with Gasteiger partial charge >= 0.3 is 0 Å². The van der Waals surface area contributed by atoms with Gasteiger partial charge in [0.25, 0.3) is 0 Å². The summed E-state index contributed by atoms with van der Waals surface area (Å²) in [4.78, 5) is 14.0. The van der Waals surface area contributed by atoms with Crippen LogP contribution in [-0.2, 0) is 4.79 Å². The number of hydrogen-bond acceptors (Lipinski definition) is 2. The Labute approximate surface area is 115 Å². The maximum Gasteiger partial charge on any atom is 0.246 e. The smallest absolute Gasteiger partial charge is 0.246 e. The molecule has 0 saturated carbocycles. The fourth-order valence-corrected chi connectivity index (χ4v) is 2.27. The van der Waals surface area contributed by atoms with Crippen LogP contribution in [-0.4, -0.2) is 13.0 Å². The lowest BCUT2D eigenvalue weighted by Crippen LogP contribution is -2.38. The minimum absolute atomic E-state index is 0.175. The van der Waals surface area contributed by atoms with Crippen molar-refractivity contribution in [3.63, 3.8) is 0 Å². The highest BCUT2D eigenvalue weighted by atomic mass is 16.2. The van der Waals surface area contributed by atoms with E-state index in [9.17, 15) is 4.79 Å². The van der Waals surface area contributed by atoms with Gasteiger partial charge < -0.3 is 4.90 Å². The van der Waals surface area contributed by atoms with E-state index >= 15 is 0 Å². The van der Waals surface area contributed by atoms with E-state index < -0.39 is 5.41 Å². The molecule has 1 aromatic rings. The number of aryl methyl sites for hydroxylation is 2. The van der Waals surface area contributed by atoms with Crippen LogP contribution in [0.15, 0.2) is 6.07 Å². The second kappa shape index (κ2) is 5.05. The molecule has 0 N–H and O–H groups in total. The summed E-state index contributed by atoms with van der Waals surface area (Å²) in [5.41, 5.74) is 4.41. The van der Waals surface area contributed by atoms with Crippen molar-refractivity contribution < 1.29 is 4.79 Å². The first-order chi connectivity index (χ1) is 8.63. The predicted octanol–water partition coefficient (Wildman–Crippen LogP) is 3.43. The Kier molecular flexibility index (Phi) is 4.05. The highest BCUT2D eigenvalue weighted by Gasteiger charge is 2.32. The van der Waals surface area contributed by atoms with Crippen molar-refractivity contribution in [1.82, 2.24) is 0 Å². The van der Waals surface area contributed by atoms with E-state index in [2.05, 4.69) is 12.1 Å². The summed E-state index contributed by atoms with van der Waals surface area (Å²) in [6.45, 7) is 11.4. The summed E-state index contributed by atoms with van der Waals surface area (Å²) in [5.74, 6) is -0.175. The van der Waals surface area contributed by atoms with E-state index in [1.165, 1.54) is 0 Å². The van der Waals surface area contributed by atoms with Crippen LogP contribution in [0.2, 0.25) is 0 Å². The zero-order valence-electron chi connectivity index (χ0n) is 12.9. The molecule has 1 amide bonds. The van der Waals surface area contributed by atoms with E-state index in [0.717, 1.165) is 27.9 Å². The predicted molar refractivity (Wildman–Crippen MR) is 78.2 cm³/mol. The van der Waals surface area contributed by atoms with Gasteiger partial charge in [-0.25, -0.2) is 0 Å². The first-order valence-electron chi connectivity index (χ1n) is 6.40. The first kappa shape index (κ1) is 15.2. The van der Waals surface area contributed by atoms with Gasteiger partial charge in [-0.1, -0.05) is 6.07 Å². The summed E-state index contributed by atoms with van der Waals surface area (Å²) >= 11 is 0. The molecule has 0 heterocycles. The maximum atomic E-state index is 12.4. The van der Waals surface area contributed by atoms with Gasteiger partial charge in [-0.15, -0.1) is 0 Å². The highest BCUT2D eigenvalue weighted by Crippen LogP contribution is 2.31. The van der Waals surface area contributed by atoms with E-state index in [1.807, 2.05) is 27.7 Å². The fourth-order valence-electron chi connectivity index (χ4n) is 2.27. The monoisotopic (exact) mass is 258 g/mol. The zero-order chi connectivity index (χ0) is 15.0. The molecule has 0 atom stereocenters. The number of nitrogens with zero attached hydrogens (tertiary/aromatic N) is 2. The number of carbonyl (C=O) groups is 1. The van der Waals surface area contributed by atoms with Crippen LogP contribution in [0, 0.1) is 44.4 Å². The van der Waals surface area contributed by atoms with Crippen LogP contribution in [0.25, 0.3) is 0 Å². The van der Waals surface area contributed by atoms with Gasteiger partial charge in [0.05, 0.1) is 6.07 Å². The van der Waals surface area contributed by atoms with Crippen LogP contribution in [0.5, 0.6) is 0 Å². The second-order valence-corrected chi connectivity index (χ2v) is 5.71. The van der Waals surface area contributed by atoms with Gasteiger partial charge in [0, 0.05) is 12.7 Å². The molecule has 0 saturated heterocycles. The quantitative estimate of drug-likeness (QED) is 0.815. The zero-order valence-corrected chi connectivity index (χ0v) is 12.9. The Balaban J connectivity index is 3.40. The number of rotatable bonds is 2. The van der Waals surface area contributed by atoms with Crippen molar-refractivity contribution in [2.24, 2.45) is 5.41 Å². The van der Waals surface area contributed by atoms with Crippen molar-refractivity contribution in [1.29, 1.82) is 5.26 Å². The van der Waals surface area contributed by atoms with Crippen molar-refractivity contribution in [2.75, 3.05) is 11.9 Å². The standard InChI is InChI=1S/C16H22N2O/c1-10-8-11(2)13(4)14(12(10)3)18(7)15(19)16(5,6)9-17/h8H,1-7H3. The van der Waals surface area contributed by atoms with Gasteiger partial charge in [-0.3, -0.25) is 4.79 Å². The van der Waals surface area contributed by atoms with E-state index in [0.29, 0.717) is 0 Å². The molecule has 0 fully saturated rings. The number of benzene rings is 1. The summed E-state index contributed by atoms with van der Waals surface area (Å²) in [6.07, 6.45) is 0. The summed E-state index contributed by atoms with van der Waals surface area (Å²) in [7, 11) is 1.75. The molecule has 0 radical (unpaired) electrons. The van der Waals surface area contributed by atoms with E-state index in [1.54, 1.807) is 25.8 Å². The average Bonchev–Trinajstić information content (AvgIpc) is 2.35. The molecular formula is C16H22N2O. The second-order valence-electron chi connectivity index (χ2n) is 5.71. The Morgan fingerprint density at radius 2 is 1.58 bits per heavy atom. The van der Waals surface area contributed by atoms with Crippen molar-refractivity contribution >= 4 is 11.6 Å². The summed E-state index contributed by atoms with van der Waals surface area (Å²) < 4.78 is 0. The van der Waals surface area contributed by atoms with Gasteiger partial charge in [0.15, 0.2) is 0 Å². The van der Waals surface area contributed by atoms with Gasteiger partial charge in [0.2, 0.25) is 5.91 Å². The molecule has 0 aliphatic carbocycles. The molecule has 3 nitrogen and oxygen atoms in total. The molecular weight excluding hydrogens is 236 g/mol. The molecule has 3 heteroatoms. The number of amides is 1. The molecule has 0 spiro atoms. The molecule has 0 aromatic heterocycles. The Hall–Kier alpha value is -1.82. The largest absolute Gasteiger partial charge is 0.314 e. The maximum absolute atomic E-state index is 12.4. The normalized spacial score (nSPS) is 11.1. The SMILES string of the molecule is Cc1cc(C)c(C)c(N(C)C(=O)C(C)(C)C#N)c1C. The van der Waals surface area contributed by atoms with Crippen LogP contribution in [0.1, 0.15) is 36.1 Å². The summed E-state index contributed by atoms with van der Waals surface area (Å²) in [6, 6.07) is 4.20. The average molecular weight is 258 g/mol. The molecule has 0 aliphatic heterocycles. The molecule has 0 unspecified atom stereocenters. The number of nitriles is 1.